The monoisotopic (exact) mass is 425 g/mol. The fourth-order valence-electron chi connectivity index (χ4n) is 4.67. The van der Waals surface area contributed by atoms with Crippen molar-refractivity contribution < 1.29 is 23.9 Å². The van der Waals surface area contributed by atoms with Crippen LogP contribution in [0.4, 0.5) is 4.79 Å². The first kappa shape index (κ1) is 22.8. The van der Waals surface area contributed by atoms with E-state index in [2.05, 4.69) is 20.9 Å². The van der Waals surface area contributed by atoms with Crippen LogP contribution >= 0.6 is 0 Å². The Kier molecular flexibility index (Phi) is 7.90. The predicted octanol–water partition coefficient (Wildman–Crippen LogP) is -0.711. The second-order valence-corrected chi connectivity index (χ2v) is 8.64. The summed E-state index contributed by atoms with van der Waals surface area (Å²) < 4.78 is 10.4. The SMILES string of the molecule is COCC(=O)NC[C@H]1C(=O)N2C[C@@H](NC(=O)NC(C)C)C[C@H]2CN1C1CCOCC1. The molecule has 3 N–H and O–H groups in total. The molecule has 0 aromatic rings. The highest BCUT2D eigenvalue weighted by atomic mass is 16.5. The Hall–Kier alpha value is -1.91. The molecule has 170 valence electrons. The third-order valence-corrected chi connectivity index (χ3v) is 5.99. The van der Waals surface area contributed by atoms with Gasteiger partial charge < -0.3 is 30.3 Å². The lowest BCUT2D eigenvalue weighted by Gasteiger charge is -2.47. The van der Waals surface area contributed by atoms with Crippen LogP contribution in [0.2, 0.25) is 0 Å². The summed E-state index contributed by atoms with van der Waals surface area (Å²) in [6, 6.07) is -0.308. The van der Waals surface area contributed by atoms with Crippen LogP contribution in [0.15, 0.2) is 0 Å². The molecular weight excluding hydrogens is 390 g/mol. The number of urea groups is 1. The summed E-state index contributed by atoms with van der Waals surface area (Å²) in [6.45, 7) is 6.67. The predicted molar refractivity (Wildman–Crippen MR) is 110 cm³/mol. The number of rotatable bonds is 7. The molecule has 0 bridgehead atoms. The van der Waals surface area contributed by atoms with Crippen molar-refractivity contribution >= 4 is 17.8 Å². The number of nitrogens with zero attached hydrogens (tertiary/aromatic N) is 2. The van der Waals surface area contributed by atoms with Gasteiger partial charge in [0, 0.05) is 58.1 Å². The largest absolute Gasteiger partial charge is 0.381 e. The second-order valence-electron chi connectivity index (χ2n) is 8.64. The van der Waals surface area contributed by atoms with E-state index in [0.29, 0.717) is 19.8 Å². The summed E-state index contributed by atoms with van der Waals surface area (Å²) in [7, 11) is 1.47. The molecule has 10 nitrogen and oxygen atoms in total. The third kappa shape index (κ3) is 5.61. The molecule has 10 heteroatoms. The number of hydrogen-bond donors (Lipinski definition) is 3. The van der Waals surface area contributed by atoms with Gasteiger partial charge in [-0.3, -0.25) is 14.5 Å². The highest BCUT2D eigenvalue weighted by Crippen LogP contribution is 2.29. The molecule has 3 rings (SSSR count). The summed E-state index contributed by atoms with van der Waals surface area (Å²) in [5.74, 6) is -0.213. The van der Waals surface area contributed by atoms with Crippen LogP contribution < -0.4 is 16.0 Å². The highest BCUT2D eigenvalue weighted by Gasteiger charge is 2.47. The fraction of sp³-hybridized carbons (Fsp3) is 0.850. The van der Waals surface area contributed by atoms with Gasteiger partial charge in [-0.05, 0) is 33.1 Å². The van der Waals surface area contributed by atoms with Crippen LogP contribution in [0, 0.1) is 0 Å². The Labute approximate surface area is 178 Å². The van der Waals surface area contributed by atoms with Crippen molar-refractivity contribution in [2.24, 2.45) is 0 Å². The van der Waals surface area contributed by atoms with Gasteiger partial charge in [0.1, 0.15) is 12.6 Å². The molecule has 3 atom stereocenters. The molecule has 0 saturated carbocycles. The lowest BCUT2D eigenvalue weighted by atomic mass is 9.98. The average molecular weight is 426 g/mol. The topological polar surface area (TPSA) is 112 Å². The number of amides is 4. The van der Waals surface area contributed by atoms with E-state index >= 15 is 0 Å². The van der Waals surface area contributed by atoms with Crippen LogP contribution in [0.25, 0.3) is 0 Å². The molecule has 3 aliphatic rings. The Balaban J connectivity index is 1.67. The molecule has 3 heterocycles. The summed E-state index contributed by atoms with van der Waals surface area (Å²) in [5, 5.41) is 8.67. The maximum absolute atomic E-state index is 13.4. The molecule has 30 heavy (non-hydrogen) atoms. The van der Waals surface area contributed by atoms with E-state index in [1.165, 1.54) is 7.11 Å². The van der Waals surface area contributed by atoms with Gasteiger partial charge in [0.05, 0.1) is 6.04 Å². The summed E-state index contributed by atoms with van der Waals surface area (Å²) in [4.78, 5) is 41.5. The van der Waals surface area contributed by atoms with Gasteiger partial charge in [0.25, 0.3) is 0 Å². The molecular formula is C20H35N5O5. The number of methoxy groups -OCH3 is 1. The van der Waals surface area contributed by atoms with Crippen molar-refractivity contribution in [1.29, 1.82) is 0 Å². The summed E-state index contributed by atoms with van der Waals surface area (Å²) in [5.41, 5.74) is 0. The Bertz CT molecular complexity index is 625. The zero-order valence-corrected chi connectivity index (χ0v) is 18.2. The van der Waals surface area contributed by atoms with Crippen molar-refractivity contribution in [2.75, 3.05) is 46.6 Å². The van der Waals surface area contributed by atoms with Crippen LogP contribution in [0.5, 0.6) is 0 Å². The number of carbonyl (C=O) groups is 3. The van der Waals surface area contributed by atoms with Gasteiger partial charge in [-0.2, -0.15) is 0 Å². The number of carbonyl (C=O) groups excluding carboxylic acids is 3. The Morgan fingerprint density at radius 3 is 2.60 bits per heavy atom. The molecule has 0 radical (unpaired) electrons. The van der Waals surface area contributed by atoms with E-state index in [1.807, 2.05) is 18.7 Å². The van der Waals surface area contributed by atoms with E-state index in [-0.39, 0.29) is 55.2 Å². The lowest BCUT2D eigenvalue weighted by Crippen LogP contribution is -2.65. The van der Waals surface area contributed by atoms with Crippen molar-refractivity contribution in [3.63, 3.8) is 0 Å². The molecule has 4 amide bonds. The van der Waals surface area contributed by atoms with E-state index in [4.69, 9.17) is 9.47 Å². The van der Waals surface area contributed by atoms with Gasteiger partial charge >= 0.3 is 6.03 Å². The molecule has 3 fully saturated rings. The zero-order valence-electron chi connectivity index (χ0n) is 18.2. The quantitative estimate of drug-likeness (QED) is 0.497. The van der Waals surface area contributed by atoms with Gasteiger partial charge in [0.15, 0.2) is 0 Å². The van der Waals surface area contributed by atoms with Crippen LogP contribution in [0.1, 0.15) is 33.1 Å². The maximum Gasteiger partial charge on any atom is 0.315 e. The molecule has 0 aromatic heterocycles. The van der Waals surface area contributed by atoms with Gasteiger partial charge in [-0.25, -0.2) is 4.79 Å². The van der Waals surface area contributed by atoms with E-state index < -0.39 is 6.04 Å². The number of ether oxygens (including phenoxy) is 2. The Morgan fingerprint density at radius 2 is 1.93 bits per heavy atom. The van der Waals surface area contributed by atoms with E-state index in [0.717, 1.165) is 25.8 Å². The van der Waals surface area contributed by atoms with E-state index in [1.54, 1.807) is 0 Å². The minimum atomic E-state index is -0.409. The molecule has 3 saturated heterocycles. The molecule has 0 unspecified atom stereocenters. The van der Waals surface area contributed by atoms with Gasteiger partial charge in [-0.15, -0.1) is 0 Å². The maximum atomic E-state index is 13.4. The molecule has 0 aromatic carbocycles. The number of nitrogens with one attached hydrogen (secondary N) is 3. The summed E-state index contributed by atoms with van der Waals surface area (Å²) >= 11 is 0. The van der Waals surface area contributed by atoms with Crippen molar-refractivity contribution in [2.45, 2.75) is 63.3 Å². The Morgan fingerprint density at radius 1 is 1.20 bits per heavy atom. The number of fused-ring (bicyclic) bond motifs is 1. The molecule has 3 aliphatic heterocycles. The molecule has 0 aliphatic carbocycles. The first-order chi connectivity index (χ1) is 14.4. The first-order valence-electron chi connectivity index (χ1n) is 10.9. The normalized spacial score (nSPS) is 27.8. The third-order valence-electron chi connectivity index (χ3n) is 5.99. The minimum absolute atomic E-state index is 0.0176. The van der Waals surface area contributed by atoms with Crippen molar-refractivity contribution in [3.05, 3.63) is 0 Å². The van der Waals surface area contributed by atoms with Crippen molar-refractivity contribution in [3.8, 4) is 0 Å². The minimum Gasteiger partial charge on any atom is -0.381 e. The highest BCUT2D eigenvalue weighted by molar-refractivity contribution is 5.85. The van der Waals surface area contributed by atoms with Crippen LogP contribution in [0.3, 0.4) is 0 Å². The lowest BCUT2D eigenvalue weighted by molar-refractivity contribution is -0.147. The molecule has 0 spiro atoms. The fourth-order valence-corrected chi connectivity index (χ4v) is 4.67. The second kappa shape index (κ2) is 10.4. The zero-order chi connectivity index (χ0) is 21.7. The van der Waals surface area contributed by atoms with Crippen LogP contribution in [-0.2, 0) is 19.1 Å². The van der Waals surface area contributed by atoms with Gasteiger partial charge in [-0.1, -0.05) is 0 Å². The van der Waals surface area contributed by atoms with Crippen molar-refractivity contribution in [1.82, 2.24) is 25.8 Å². The number of hydrogen-bond acceptors (Lipinski definition) is 6. The van der Waals surface area contributed by atoms with E-state index in [9.17, 15) is 14.4 Å². The first-order valence-corrected chi connectivity index (χ1v) is 10.9. The number of piperazine rings is 1. The standard InChI is InChI=1S/C20H35N5O5/c1-13(2)22-20(28)23-14-8-16-11-24(15-4-6-30-7-5-15)17(19(27)25(16)10-14)9-21-18(26)12-29-3/h13-17H,4-12H2,1-3H3,(H,21,26)(H2,22,23,28)/t14-,16-,17-/m0/s1. The van der Waals surface area contributed by atoms with Crippen LogP contribution in [-0.4, -0.2) is 104 Å². The average Bonchev–Trinajstić information content (AvgIpc) is 3.10. The summed E-state index contributed by atoms with van der Waals surface area (Å²) in [6.07, 6.45) is 2.49. The van der Waals surface area contributed by atoms with Gasteiger partial charge in [0.2, 0.25) is 11.8 Å². The smallest absolute Gasteiger partial charge is 0.315 e.